The number of hydrogen-bond acceptors (Lipinski definition) is 4. The molecule has 0 spiro atoms. The lowest BCUT2D eigenvalue weighted by molar-refractivity contribution is -0.116. The predicted octanol–water partition coefficient (Wildman–Crippen LogP) is 4.46. The molecule has 0 unspecified atom stereocenters. The molecular weight excluding hydrogens is 404 g/mol. The summed E-state index contributed by atoms with van der Waals surface area (Å²) in [7, 11) is 3.09. The third kappa shape index (κ3) is 3.69. The number of aromatic nitrogens is 1. The molecule has 7 heteroatoms. The van der Waals surface area contributed by atoms with E-state index < -0.39 is 0 Å². The first-order valence-corrected chi connectivity index (χ1v) is 9.61. The van der Waals surface area contributed by atoms with Crippen LogP contribution in [0.5, 0.6) is 11.5 Å². The largest absolute Gasteiger partial charge is 0.497 e. The fraction of sp³-hybridized carbons (Fsp3) is 0.130. The highest BCUT2D eigenvalue weighted by molar-refractivity contribution is 6.31. The number of pyridine rings is 1. The first-order chi connectivity index (χ1) is 14.5. The molecule has 4 aromatic rings. The zero-order chi connectivity index (χ0) is 21.3. The van der Waals surface area contributed by atoms with Gasteiger partial charge in [0.25, 0.3) is 0 Å². The number of nitrogens with one attached hydrogen (secondary N) is 1. The third-order valence-electron chi connectivity index (χ3n) is 4.87. The average molecular weight is 423 g/mol. The minimum Gasteiger partial charge on any atom is -0.497 e. The summed E-state index contributed by atoms with van der Waals surface area (Å²) in [4.78, 5) is 25.8. The van der Waals surface area contributed by atoms with E-state index in [4.69, 9.17) is 21.1 Å². The second-order valence-corrected chi connectivity index (χ2v) is 7.18. The molecule has 0 atom stereocenters. The van der Waals surface area contributed by atoms with E-state index in [1.807, 2.05) is 16.7 Å². The Kier molecular flexibility index (Phi) is 5.33. The minimum atomic E-state index is -0.254. The van der Waals surface area contributed by atoms with Crippen LogP contribution >= 0.6 is 11.6 Å². The Morgan fingerprint density at radius 1 is 0.933 bits per heavy atom. The first kappa shape index (κ1) is 19.8. The normalized spacial score (nSPS) is 10.9. The van der Waals surface area contributed by atoms with Crippen molar-refractivity contribution in [3.8, 4) is 11.5 Å². The number of rotatable bonds is 5. The van der Waals surface area contributed by atoms with E-state index in [1.165, 1.54) is 0 Å². The summed E-state index contributed by atoms with van der Waals surface area (Å²) in [6.07, 6.45) is 0. The first-order valence-electron chi connectivity index (χ1n) is 9.24. The summed E-state index contributed by atoms with van der Waals surface area (Å²) in [5, 5.41) is 4.34. The number of methoxy groups -OCH3 is 2. The van der Waals surface area contributed by atoms with Crippen LogP contribution in [0, 0.1) is 0 Å². The Balaban J connectivity index is 1.77. The second kappa shape index (κ2) is 8.08. The third-order valence-corrected chi connectivity index (χ3v) is 5.11. The number of halogens is 1. The van der Waals surface area contributed by atoms with Gasteiger partial charge in [0.2, 0.25) is 5.91 Å². The van der Waals surface area contributed by atoms with Crippen molar-refractivity contribution in [2.75, 3.05) is 19.5 Å². The van der Waals surface area contributed by atoms with Crippen molar-refractivity contribution in [1.29, 1.82) is 0 Å². The van der Waals surface area contributed by atoms with E-state index in [2.05, 4.69) is 5.32 Å². The highest BCUT2D eigenvalue weighted by Crippen LogP contribution is 2.26. The van der Waals surface area contributed by atoms with Crippen molar-refractivity contribution in [1.82, 2.24) is 4.57 Å². The van der Waals surface area contributed by atoms with Gasteiger partial charge in [-0.3, -0.25) is 9.59 Å². The Hall–Kier alpha value is -3.51. The van der Waals surface area contributed by atoms with Gasteiger partial charge in [-0.1, -0.05) is 23.7 Å². The summed E-state index contributed by atoms with van der Waals surface area (Å²) in [6, 6.07) is 17.5. The number of carbonyl (C=O) groups is 1. The van der Waals surface area contributed by atoms with Crippen molar-refractivity contribution >= 4 is 45.0 Å². The van der Waals surface area contributed by atoms with E-state index in [0.29, 0.717) is 44.0 Å². The highest BCUT2D eigenvalue weighted by atomic mass is 35.5. The standard InChI is InChI=1S/C23H19ClN2O4/c1-29-16-10-15(11-17(12-16)30-2)25-22(27)13-26-20-6-4-3-5-18(20)23(28)19-9-14(24)7-8-21(19)26/h3-12H,13H2,1-2H3,(H,25,27). The van der Waals surface area contributed by atoms with Gasteiger partial charge in [-0.25, -0.2) is 0 Å². The van der Waals surface area contributed by atoms with Crippen molar-refractivity contribution in [3.05, 3.63) is 75.9 Å². The molecule has 3 aromatic carbocycles. The minimum absolute atomic E-state index is 0.0124. The molecule has 1 amide bonds. The molecule has 0 saturated heterocycles. The lowest BCUT2D eigenvalue weighted by Crippen LogP contribution is -2.21. The average Bonchev–Trinajstić information content (AvgIpc) is 2.76. The summed E-state index contributed by atoms with van der Waals surface area (Å²) < 4.78 is 12.3. The molecule has 1 heterocycles. The quantitative estimate of drug-likeness (QED) is 0.482. The van der Waals surface area contributed by atoms with Crippen LogP contribution < -0.4 is 20.2 Å². The van der Waals surface area contributed by atoms with Crippen LogP contribution in [0.1, 0.15) is 0 Å². The highest BCUT2D eigenvalue weighted by Gasteiger charge is 2.14. The fourth-order valence-electron chi connectivity index (χ4n) is 3.50. The monoisotopic (exact) mass is 422 g/mol. The number of amides is 1. The molecule has 0 aliphatic rings. The van der Waals surface area contributed by atoms with Crippen molar-refractivity contribution in [2.24, 2.45) is 0 Å². The molecule has 0 radical (unpaired) electrons. The van der Waals surface area contributed by atoms with Crippen LogP contribution in [-0.2, 0) is 11.3 Å². The molecule has 0 fully saturated rings. The molecule has 0 aliphatic heterocycles. The van der Waals surface area contributed by atoms with Crippen LogP contribution in [0.4, 0.5) is 5.69 Å². The van der Waals surface area contributed by atoms with Crippen LogP contribution in [0.3, 0.4) is 0 Å². The van der Waals surface area contributed by atoms with Gasteiger partial charge in [0.1, 0.15) is 18.0 Å². The van der Waals surface area contributed by atoms with Gasteiger partial charge in [-0.2, -0.15) is 0 Å². The van der Waals surface area contributed by atoms with E-state index in [0.717, 1.165) is 0 Å². The van der Waals surface area contributed by atoms with Crippen LogP contribution in [0.15, 0.2) is 65.5 Å². The zero-order valence-corrected chi connectivity index (χ0v) is 17.2. The fourth-order valence-corrected chi connectivity index (χ4v) is 3.67. The maximum Gasteiger partial charge on any atom is 0.244 e. The van der Waals surface area contributed by atoms with Crippen molar-refractivity contribution in [3.63, 3.8) is 0 Å². The van der Waals surface area contributed by atoms with Gasteiger partial charge >= 0.3 is 0 Å². The van der Waals surface area contributed by atoms with Gasteiger partial charge in [0.05, 0.1) is 25.3 Å². The van der Waals surface area contributed by atoms with Crippen LogP contribution in [-0.4, -0.2) is 24.7 Å². The van der Waals surface area contributed by atoms with E-state index in [-0.39, 0.29) is 17.9 Å². The number of nitrogens with zero attached hydrogens (tertiary/aromatic N) is 1. The number of fused-ring (bicyclic) bond motifs is 2. The lowest BCUT2D eigenvalue weighted by atomic mass is 10.1. The van der Waals surface area contributed by atoms with Gasteiger partial charge in [0, 0.05) is 39.7 Å². The smallest absolute Gasteiger partial charge is 0.244 e. The van der Waals surface area contributed by atoms with E-state index in [1.54, 1.807) is 62.8 Å². The molecule has 152 valence electrons. The molecule has 6 nitrogen and oxygen atoms in total. The van der Waals surface area contributed by atoms with Crippen LogP contribution in [0.25, 0.3) is 21.8 Å². The maximum absolute atomic E-state index is 12.9. The molecule has 0 bridgehead atoms. The van der Waals surface area contributed by atoms with Gasteiger partial charge in [-0.15, -0.1) is 0 Å². The summed E-state index contributed by atoms with van der Waals surface area (Å²) in [5.41, 5.74) is 1.75. The Labute approximate surface area is 177 Å². The molecule has 4 rings (SSSR count). The van der Waals surface area contributed by atoms with E-state index in [9.17, 15) is 9.59 Å². The van der Waals surface area contributed by atoms with Crippen molar-refractivity contribution < 1.29 is 14.3 Å². The topological polar surface area (TPSA) is 69.6 Å². The Bertz CT molecular complexity index is 1310. The number of ether oxygens (including phenoxy) is 2. The number of hydrogen-bond donors (Lipinski definition) is 1. The van der Waals surface area contributed by atoms with E-state index >= 15 is 0 Å². The molecule has 0 aliphatic carbocycles. The number of anilines is 1. The van der Waals surface area contributed by atoms with Crippen LogP contribution in [0.2, 0.25) is 5.02 Å². The molecule has 30 heavy (non-hydrogen) atoms. The number of para-hydroxylation sites is 1. The second-order valence-electron chi connectivity index (χ2n) is 6.74. The lowest BCUT2D eigenvalue weighted by Gasteiger charge is -2.16. The number of carbonyl (C=O) groups excluding carboxylic acids is 1. The molecular formula is C23H19ClN2O4. The summed E-state index contributed by atoms with van der Waals surface area (Å²) >= 11 is 6.11. The van der Waals surface area contributed by atoms with Gasteiger partial charge in [-0.05, 0) is 30.3 Å². The van der Waals surface area contributed by atoms with Crippen molar-refractivity contribution in [2.45, 2.75) is 6.54 Å². The Morgan fingerprint density at radius 3 is 2.30 bits per heavy atom. The summed E-state index contributed by atoms with van der Waals surface area (Å²) in [5.74, 6) is 0.882. The Morgan fingerprint density at radius 2 is 1.60 bits per heavy atom. The molecule has 1 N–H and O–H groups in total. The SMILES string of the molecule is COc1cc(NC(=O)Cn2c3ccccc3c(=O)c3cc(Cl)ccc32)cc(OC)c1. The number of benzene rings is 3. The van der Waals surface area contributed by atoms with Gasteiger partial charge in [0.15, 0.2) is 5.43 Å². The molecule has 0 saturated carbocycles. The zero-order valence-electron chi connectivity index (χ0n) is 16.4. The molecule has 1 aromatic heterocycles. The predicted molar refractivity (Wildman–Crippen MR) is 119 cm³/mol. The maximum atomic E-state index is 12.9. The summed E-state index contributed by atoms with van der Waals surface area (Å²) in [6.45, 7) is 0.0124. The van der Waals surface area contributed by atoms with Gasteiger partial charge < -0.3 is 19.4 Å².